The zero-order valence-electron chi connectivity index (χ0n) is 15.7. The van der Waals surface area contributed by atoms with Gasteiger partial charge in [0.05, 0.1) is 29.3 Å². The predicted molar refractivity (Wildman–Crippen MR) is 113 cm³/mol. The summed E-state index contributed by atoms with van der Waals surface area (Å²) in [5.41, 5.74) is 4.33. The summed E-state index contributed by atoms with van der Waals surface area (Å²) in [4.78, 5) is 25.1. The summed E-state index contributed by atoms with van der Waals surface area (Å²) in [7, 11) is 0. The normalized spacial score (nSPS) is 11.3. The van der Waals surface area contributed by atoms with Gasteiger partial charge in [0, 0.05) is 9.86 Å². The van der Waals surface area contributed by atoms with Gasteiger partial charge in [-0.05, 0) is 71.6 Å². The molecule has 28 heavy (non-hydrogen) atoms. The molecule has 2 aromatic heterocycles. The molecule has 0 aliphatic heterocycles. The topological polar surface area (TPSA) is 72.5 Å². The van der Waals surface area contributed by atoms with E-state index in [2.05, 4.69) is 21.2 Å². The van der Waals surface area contributed by atoms with Gasteiger partial charge in [-0.3, -0.25) is 4.79 Å². The van der Waals surface area contributed by atoms with E-state index in [-0.39, 0.29) is 12.3 Å². The van der Waals surface area contributed by atoms with Gasteiger partial charge in [0.25, 0.3) is 0 Å². The van der Waals surface area contributed by atoms with Crippen molar-refractivity contribution in [2.24, 2.45) is 0 Å². The fourth-order valence-corrected chi connectivity index (χ4v) is 3.98. The van der Waals surface area contributed by atoms with E-state index in [9.17, 15) is 9.59 Å². The van der Waals surface area contributed by atoms with Crippen molar-refractivity contribution in [3.8, 4) is 0 Å². The van der Waals surface area contributed by atoms with Crippen LogP contribution in [0.2, 0.25) is 0 Å². The van der Waals surface area contributed by atoms with E-state index in [0.29, 0.717) is 28.0 Å². The second-order valence-electron chi connectivity index (χ2n) is 6.89. The minimum Gasteiger partial charge on any atom is -0.463 e. The number of carbonyl (C=O) groups is 1. The average Bonchev–Trinajstić information content (AvgIpc) is 3.02. The van der Waals surface area contributed by atoms with Crippen LogP contribution in [0.25, 0.3) is 21.9 Å². The number of anilines is 1. The molecule has 2 heterocycles. The Bertz CT molecular complexity index is 1300. The summed E-state index contributed by atoms with van der Waals surface area (Å²) >= 11 is 3.40. The zero-order valence-corrected chi connectivity index (χ0v) is 17.3. The van der Waals surface area contributed by atoms with Crippen LogP contribution in [0, 0.1) is 20.8 Å². The first-order valence-corrected chi connectivity index (χ1v) is 9.64. The first-order chi connectivity index (χ1) is 13.4. The summed E-state index contributed by atoms with van der Waals surface area (Å²) in [6, 6.07) is 9.16. The number of benzene rings is 2. The van der Waals surface area contributed by atoms with Crippen molar-refractivity contribution in [3.63, 3.8) is 0 Å². The van der Waals surface area contributed by atoms with Crippen LogP contribution in [-0.2, 0) is 11.2 Å². The maximum atomic E-state index is 12.6. The highest BCUT2D eigenvalue weighted by Crippen LogP contribution is 2.34. The predicted octanol–water partition coefficient (Wildman–Crippen LogP) is 5.41. The van der Waals surface area contributed by atoms with Crippen LogP contribution in [0.5, 0.6) is 0 Å². The Labute approximate surface area is 169 Å². The molecule has 4 aromatic rings. The van der Waals surface area contributed by atoms with Crippen molar-refractivity contribution >= 4 is 49.5 Å². The summed E-state index contributed by atoms with van der Waals surface area (Å²) in [6.45, 7) is 5.76. The molecule has 4 rings (SSSR count). The number of halogens is 1. The minimum absolute atomic E-state index is 0.0828. The molecule has 0 radical (unpaired) electrons. The van der Waals surface area contributed by atoms with Crippen molar-refractivity contribution in [3.05, 3.63) is 73.7 Å². The molecule has 0 spiro atoms. The van der Waals surface area contributed by atoms with Crippen LogP contribution in [0.1, 0.15) is 22.3 Å². The van der Waals surface area contributed by atoms with Crippen molar-refractivity contribution in [1.82, 2.24) is 0 Å². The van der Waals surface area contributed by atoms with Crippen LogP contribution in [0.15, 0.2) is 54.7 Å². The third kappa shape index (κ3) is 3.03. The molecule has 2 aromatic carbocycles. The summed E-state index contributed by atoms with van der Waals surface area (Å²) < 4.78 is 12.1. The maximum Gasteiger partial charge on any atom is 0.340 e. The SMILES string of the molecule is Cc1coc2c1c(C)cc1oc(=O)c(CC(=O)Nc3ccccc3Br)c(C)c12. The van der Waals surface area contributed by atoms with E-state index in [1.165, 1.54) is 0 Å². The lowest BCUT2D eigenvalue weighted by Crippen LogP contribution is -2.20. The number of para-hydroxylation sites is 1. The Kier molecular flexibility index (Phi) is 4.59. The second kappa shape index (κ2) is 6.95. The number of hydrogen-bond acceptors (Lipinski definition) is 4. The molecule has 0 atom stereocenters. The first-order valence-electron chi connectivity index (χ1n) is 8.85. The van der Waals surface area contributed by atoms with E-state index in [1.807, 2.05) is 45.0 Å². The highest BCUT2D eigenvalue weighted by molar-refractivity contribution is 9.10. The molecule has 0 bridgehead atoms. The lowest BCUT2D eigenvalue weighted by atomic mass is 9.99. The van der Waals surface area contributed by atoms with E-state index in [1.54, 1.807) is 12.3 Å². The van der Waals surface area contributed by atoms with Crippen LogP contribution in [0.4, 0.5) is 5.69 Å². The number of furan rings is 1. The Morgan fingerprint density at radius 1 is 1.11 bits per heavy atom. The van der Waals surface area contributed by atoms with Gasteiger partial charge in [0.1, 0.15) is 11.2 Å². The molecular formula is C22H18BrNO4. The molecule has 0 saturated heterocycles. The molecule has 1 amide bonds. The van der Waals surface area contributed by atoms with E-state index in [0.717, 1.165) is 26.4 Å². The van der Waals surface area contributed by atoms with Crippen molar-refractivity contribution < 1.29 is 13.6 Å². The second-order valence-corrected chi connectivity index (χ2v) is 7.74. The summed E-state index contributed by atoms with van der Waals surface area (Å²) in [5, 5.41) is 4.56. The van der Waals surface area contributed by atoms with Gasteiger partial charge in [0.2, 0.25) is 5.91 Å². The largest absolute Gasteiger partial charge is 0.463 e. The molecule has 0 saturated carbocycles. The number of amides is 1. The molecule has 6 heteroatoms. The monoisotopic (exact) mass is 439 g/mol. The first kappa shape index (κ1) is 18.5. The standard InChI is InChI=1S/C22H18BrNO4/c1-11-8-17-20(21-19(11)12(2)10-27-21)13(3)14(22(26)28-17)9-18(25)24-16-7-5-4-6-15(16)23/h4-8,10H,9H2,1-3H3,(H,24,25). The van der Waals surface area contributed by atoms with Gasteiger partial charge >= 0.3 is 5.63 Å². The highest BCUT2D eigenvalue weighted by Gasteiger charge is 2.20. The Morgan fingerprint density at radius 3 is 2.61 bits per heavy atom. The van der Waals surface area contributed by atoms with Gasteiger partial charge in [-0.25, -0.2) is 4.79 Å². The summed E-state index contributed by atoms with van der Waals surface area (Å²) in [5.74, 6) is -0.291. The highest BCUT2D eigenvalue weighted by atomic mass is 79.9. The quantitative estimate of drug-likeness (QED) is 0.433. The average molecular weight is 440 g/mol. The molecule has 0 aliphatic rings. The number of fused-ring (bicyclic) bond motifs is 3. The van der Waals surface area contributed by atoms with Crippen molar-refractivity contribution in [2.75, 3.05) is 5.32 Å². The molecule has 0 unspecified atom stereocenters. The van der Waals surface area contributed by atoms with Crippen LogP contribution >= 0.6 is 15.9 Å². The number of aryl methyl sites for hydroxylation is 3. The van der Waals surface area contributed by atoms with E-state index in [4.69, 9.17) is 8.83 Å². The zero-order chi connectivity index (χ0) is 20.0. The molecule has 0 fully saturated rings. The molecular weight excluding hydrogens is 422 g/mol. The number of carbonyl (C=O) groups excluding carboxylic acids is 1. The number of hydrogen-bond donors (Lipinski definition) is 1. The van der Waals surface area contributed by atoms with Crippen LogP contribution < -0.4 is 10.9 Å². The third-order valence-corrected chi connectivity index (χ3v) is 5.64. The van der Waals surface area contributed by atoms with Crippen molar-refractivity contribution in [1.29, 1.82) is 0 Å². The Hall–Kier alpha value is -2.86. The van der Waals surface area contributed by atoms with Crippen LogP contribution in [-0.4, -0.2) is 5.91 Å². The number of nitrogens with one attached hydrogen (secondary N) is 1. The number of rotatable bonds is 3. The van der Waals surface area contributed by atoms with E-state index < -0.39 is 5.63 Å². The lowest BCUT2D eigenvalue weighted by molar-refractivity contribution is -0.115. The summed E-state index contributed by atoms with van der Waals surface area (Å²) in [6.07, 6.45) is 1.61. The maximum absolute atomic E-state index is 12.6. The fraction of sp³-hybridized carbons (Fsp3) is 0.182. The third-order valence-electron chi connectivity index (χ3n) is 4.95. The van der Waals surface area contributed by atoms with Gasteiger partial charge in [-0.2, -0.15) is 0 Å². The molecule has 1 N–H and O–H groups in total. The Balaban J connectivity index is 1.80. The minimum atomic E-state index is -0.505. The molecule has 0 aliphatic carbocycles. The Morgan fingerprint density at radius 2 is 1.86 bits per heavy atom. The van der Waals surface area contributed by atoms with Gasteiger partial charge < -0.3 is 14.2 Å². The molecule has 142 valence electrons. The van der Waals surface area contributed by atoms with Gasteiger partial charge in [-0.1, -0.05) is 12.1 Å². The van der Waals surface area contributed by atoms with Gasteiger partial charge in [-0.15, -0.1) is 0 Å². The lowest BCUT2D eigenvalue weighted by Gasteiger charge is -2.11. The van der Waals surface area contributed by atoms with Crippen molar-refractivity contribution in [2.45, 2.75) is 27.2 Å². The van der Waals surface area contributed by atoms with Crippen LogP contribution in [0.3, 0.4) is 0 Å². The smallest absolute Gasteiger partial charge is 0.340 e. The van der Waals surface area contributed by atoms with Gasteiger partial charge in [0.15, 0.2) is 0 Å². The van der Waals surface area contributed by atoms with E-state index >= 15 is 0 Å². The molecule has 5 nitrogen and oxygen atoms in total. The fourth-order valence-electron chi connectivity index (χ4n) is 3.59.